The largest absolute Gasteiger partial charge is 0.387 e. The van der Waals surface area contributed by atoms with E-state index >= 15 is 0 Å². The Bertz CT molecular complexity index is 750. The van der Waals surface area contributed by atoms with E-state index < -0.39 is 6.10 Å². The number of hydrogen-bond acceptors (Lipinski definition) is 3. The van der Waals surface area contributed by atoms with Crippen LogP contribution in [0.2, 0.25) is 0 Å². The van der Waals surface area contributed by atoms with Crippen molar-refractivity contribution in [2.45, 2.75) is 33.3 Å². The van der Waals surface area contributed by atoms with E-state index in [-0.39, 0.29) is 24.1 Å². The lowest BCUT2D eigenvalue weighted by Crippen LogP contribution is -2.29. The van der Waals surface area contributed by atoms with Gasteiger partial charge in [-0.2, -0.15) is 0 Å². The quantitative estimate of drug-likeness (QED) is 0.711. The number of aromatic amines is 1. The number of aliphatic hydroxyl groups is 1. The first-order chi connectivity index (χ1) is 11.3. The molecule has 128 valence electrons. The van der Waals surface area contributed by atoms with Crippen LogP contribution < -0.4 is 5.32 Å². The van der Waals surface area contributed by atoms with Gasteiger partial charge in [0, 0.05) is 17.8 Å². The van der Waals surface area contributed by atoms with E-state index in [0.717, 1.165) is 0 Å². The molecule has 0 aliphatic heterocycles. The van der Waals surface area contributed by atoms with Crippen LogP contribution in [0.4, 0.5) is 4.39 Å². The van der Waals surface area contributed by atoms with Gasteiger partial charge in [-0.25, -0.2) is 4.39 Å². The highest BCUT2D eigenvalue weighted by atomic mass is 19.1. The second kappa shape index (κ2) is 7.40. The molecule has 0 bridgehead atoms. The Morgan fingerprint density at radius 3 is 2.46 bits per heavy atom. The van der Waals surface area contributed by atoms with Crippen molar-refractivity contribution in [2.75, 3.05) is 6.54 Å². The minimum Gasteiger partial charge on any atom is -0.387 e. The molecule has 0 fully saturated rings. The molecule has 6 heteroatoms. The number of aliphatic hydroxyl groups excluding tert-OH is 1. The average Bonchev–Trinajstić information content (AvgIpc) is 2.89. The minimum absolute atomic E-state index is 0.0128. The van der Waals surface area contributed by atoms with Gasteiger partial charge in [0.2, 0.25) is 0 Å². The Morgan fingerprint density at radius 1 is 1.29 bits per heavy atom. The highest BCUT2D eigenvalue weighted by Crippen LogP contribution is 2.20. The molecule has 24 heavy (non-hydrogen) atoms. The van der Waals surface area contributed by atoms with E-state index in [2.05, 4.69) is 10.3 Å². The minimum atomic E-state index is -0.942. The number of rotatable bonds is 6. The Morgan fingerprint density at radius 2 is 1.92 bits per heavy atom. The maximum Gasteiger partial charge on any atom is 0.268 e. The topological polar surface area (TPSA) is 82.2 Å². The van der Waals surface area contributed by atoms with Crippen molar-refractivity contribution in [3.63, 3.8) is 0 Å². The number of carbonyl (C=O) groups is 2. The molecule has 5 nitrogen and oxygen atoms in total. The van der Waals surface area contributed by atoms with E-state index in [9.17, 15) is 19.1 Å². The number of Topliss-reactive ketones (excluding diaryl/α,β-unsaturated/α-hetero) is 1. The molecule has 3 N–H and O–H groups in total. The van der Waals surface area contributed by atoms with Gasteiger partial charge in [-0.1, -0.05) is 19.1 Å². The number of halogens is 1. The zero-order valence-electron chi connectivity index (χ0n) is 13.9. The molecule has 0 aliphatic carbocycles. The first-order valence-corrected chi connectivity index (χ1v) is 7.79. The van der Waals surface area contributed by atoms with Gasteiger partial charge in [-0.15, -0.1) is 0 Å². The number of nitrogens with one attached hydrogen (secondary N) is 2. The first kappa shape index (κ1) is 17.9. The molecule has 2 rings (SSSR count). The maximum atomic E-state index is 12.9. The van der Waals surface area contributed by atoms with Gasteiger partial charge >= 0.3 is 0 Å². The Hall–Kier alpha value is -2.47. The molecule has 0 spiro atoms. The van der Waals surface area contributed by atoms with Gasteiger partial charge in [0.15, 0.2) is 5.78 Å². The van der Waals surface area contributed by atoms with Crippen LogP contribution >= 0.6 is 0 Å². The van der Waals surface area contributed by atoms with E-state index in [0.29, 0.717) is 34.5 Å². The van der Waals surface area contributed by atoms with Crippen molar-refractivity contribution in [3.8, 4) is 0 Å². The van der Waals surface area contributed by atoms with Crippen molar-refractivity contribution >= 4 is 11.7 Å². The molecular formula is C18H21FN2O3. The fourth-order valence-corrected chi connectivity index (χ4v) is 2.78. The highest BCUT2D eigenvalue weighted by molar-refractivity contribution is 6.02. The fourth-order valence-electron chi connectivity index (χ4n) is 2.78. The number of amides is 1. The summed E-state index contributed by atoms with van der Waals surface area (Å²) in [6, 6.07) is 5.44. The van der Waals surface area contributed by atoms with Gasteiger partial charge in [0.05, 0.1) is 6.10 Å². The van der Waals surface area contributed by atoms with Crippen LogP contribution in [0.1, 0.15) is 57.6 Å². The van der Waals surface area contributed by atoms with Gasteiger partial charge in [-0.3, -0.25) is 9.59 Å². The van der Waals surface area contributed by atoms with E-state index in [1.807, 2.05) is 6.92 Å². The zero-order valence-corrected chi connectivity index (χ0v) is 13.9. The summed E-state index contributed by atoms with van der Waals surface area (Å²) in [4.78, 5) is 27.1. The van der Waals surface area contributed by atoms with Crippen LogP contribution in [0.15, 0.2) is 24.3 Å². The summed E-state index contributed by atoms with van der Waals surface area (Å²) < 4.78 is 12.9. The van der Waals surface area contributed by atoms with Crippen LogP contribution in [0.3, 0.4) is 0 Å². The molecule has 1 amide bonds. The van der Waals surface area contributed by atoms with Crippen LogP contribution in [-0.2, 0) is 6.42 Å². The summed E-state index contributed by atoms with van der Waals surface area (Å²) in [6.07, 6.45) is -0.398. The van der Waals surface area contributed by atoms with Crippen molar-refractivity contribution in [1.29, 1.82) is 0 Å². The maximum absolute atomic E-state index is 12.9. The van der Waals surface area contributed by atoms with Crippen molar-refractivity contribution in [1.82, 2.24) is 10.3 Å². The van der Waals surface area contributed by atoms with Crippen LogP contribution in [0.5, 0.6) is 0 Å². The number of carbonyl (C=O) groups excluding carboxylic acids is 2. The van der Waals surface area contributed by atoms with Gasteiger partial charge in [0.1, 0.15) is 11.5 Å². The molecule has 2 aromatic rings. The second-order valence-corrected chi connectivity index (χ2v) is 5.67. The smallest absolute Gasteiger partial charge is 0.268 e. The Balaban J connectivity index is 2.11. The summed E-state index contributed by atoms with van der Waals surface area (Å²) in [7, 11) is 0. The van der Waals surface area contributed by atoms with Crippen LogP contribution in [0, 0.1) is 12.7 Å². The van der Waals surface area contributed by atoms with E-state index in [1.54, 1.807) is 6.92 Å². The molecule has 1 atom stereocenters. The molecular weight excluding hydrogens is 311 g/mol. The molecule has 1 heterocycles. The first-order valence-electron chi connectivity index (χ1n) is 7.79. The van der Waals surface area contributed by atoms with E-state index in [4.69, 9.17) is 0 Å². The molecule has 0 saturated carbocycles. The monoisotopic (exact) mass is 332 g/mol. The molecule has 0 aliphatic rings. The van der Waals surface area contributed by atoms with Crippen LogP contribution in [0.25, 0.3) is 0 Å². The third-order valence-corrected chi connectivity index (χ3v) is 3.93. The van der Waals surface area contributed by atoms with Crippen molar-refractivity contribution in [2.24, 2.45) is 0 Å². The molecule has 0 saturated heterocycles. The number of ketones is 1. The average molecular weight is 332 g/mol. The lowest BCUT2D eigenvalue weighted by molar-refractivity contribution is 0.0911. The normalized spacial score (nSPS) is 12.0. The van der Waals surface area contributed by atoms with Gasteiger partial charge < -0.3 is 15.4 Å². The number of aromatic nitrogens is 1. The Kier molecular flexibility index (Phi) is 5.51. The lowest BCUT2D eigenvalue weighted by atomic mass is 10.0. The fraction of sp³-hybridized carbons (Fsp3) is 0.333. The van der Waals surface area contributed by atoms with E-state index in [1.165, 1.54) is 31.2 Å². The molecule has 1 aromatic carbocycles. The zero-order chi connectivity index (χ0) is 17.9. The summed E-state index contributed by atoms with van der Waals surface area (Å²) in [5.41, 5.74) is 2.73. The van der Waals surface area contributed by atoms with Crippen molar-refractivity contribution in [3.05, 3.63) is 58.2 Å². The second-order valence-electron chi connectivity index (χ2n) is 5.67. The third-order valence-electron chi connectivity index (χ3n) is 3.93. The number of H-pyrrole nitrogens is 1. The van der Waals surface area contributed by atoms with Gasteiger partial charge in [0.25, 0.3) is 5.91 Å². The standard InChI is InChI=1S/C18H21FN2O3/c1-4-14-16(11(3)22)10(2)21-17(14)18(24)20-9-15(23)12-5-7-13(19)8-6-12/h5-8,15,21,23H,4,9H2,1-3H3,(H,20,24). The summed E-state index contributed by atoms with van der Waals surface area (Å²) in [5.74, 6) is -0.865. The molecule has 1 aromatic heterocycles. The summed E-state index contributed by atoms with van der Waals surface area (Å²) in [5, 5.41) is 12.7. The SMILES string of the molecule is CCc1c(C(=O)NCC(O)c2ccc(F)cc2)[nH]c(C)c1C(C)=O. The molecule has 1 unspecified atom stereocenters. The molecule has 0 radical (unpaired) electrons. The predicted octanol–water partition coefficient (Wildman–Crippen LogP) is 2.69. The number of aryl methyl sites for hydroxylation is 1. The van der Waals surface area contributed by atoms with Crippen LogP contribution in [-0.4, -0.2) is 28.3 Å². The number of benzene rings is 1. The van der Waals surface area contributed by atoms with Crippen molar-refractivity contribution < 1.29 is 19.1 Å². The highest BCUT2D eigenvalue weighted by Gasteiger charge is 2.22. The Labute approximate surface area is 139 Å². The number of hydrogen-bond donors (Lipinski definition) is 3. The predicted molar refractivity (Wildman–Crippen MR) is 88.6 cm³/mol. The summed E-state index contributed by atoms with van der Waals surface area (Å²) >= 11 is 0. The summed E-state index contributed by atoms with van der Waals surface area (Å²) in [6.45, 7) is 5.08. The lowest BCUT2D eigenvalue weighted by Gasteiger charge is -2.12. The van der Waals surface area contributed by atoms with Gasteiger partial charge in [-0.05, 0) is 43.5 Å². The third kappa shape index (κ3) is 3.71.